The van der Waals surface area contributed by atoms with Gasteiger partial charge in [-0.1, -0.05) is 12.8 Å². The monoisotopic (exact) mass is 258 g/mol. The smallest absolute Gasteiger partial charge is 0.0897 e. The Morgan fingerprint density at radius 3 is 2.81 bits per heavy atom. The molecule has 1 aliphatic rings. The second-order valence-corrected chi connectivity index (χ2v) is 5.90. The SMILES string of the molecule is Cc1nc(CN(CCCl)C2CCCC2)cs1. The summed E-state index contributed by atoms with van der Waals surface area (Å²) in [6, 6.07) is 0.737. The van der Waals surface area contributed by atoms with E-state index in [0.29, 0.717) is 0 Å². The maximum Gasteiger partial charge on any atom is 0.0897 e. The van der Waals surface area contributed by atoms with Crippen LogP contribution in [-0.4, -0.2) is 28.4 Å². The Morgan fingerprint density at radius 2 is 2.25 bits per heavy atom. The van der Waals surface area contributed by atoms with Gasteiger partial charge >= 0.3 is 0 Å². The first kappa shape index (κ1) is 12.3. The minimum atomic E-state index is 0.722. The third kappa shape index (κ3) is 3.19. The molecule has 1 saturated carbocycles. The minimum absolute atomic E-state index is 0.722. The van der Waals surface area contributed by atoms with E-state index in [0.717, 1.165) is 30.0 Å². The standard InChI is InChI=1S/C12H19ClN2S/c1-10-14-11(9-16-10)8-15(7-6-13)12-4-2-3-5-12/h9,12H,2-8H2,1H3. The van der Waals surface area contributed by atoms with Crippen LogP contribution in [-0.2, 0) is 6.54 Å². The topological polar surface area (TPSA) is 16.1 Å². The molecule has 0 N–H and O–H groups in total. The molecule has 0 bridgehead atoms. The zero-order chi connectivity index (χ0) is 11.4. The van der Waals surface area contributed by atoms with Gasteiger partial charge in [-0.15, -0.1) is 22.9 Å². The number of hydrogen-bond acceptors (Lipinski definition) is 3. The summed E-state index contributed by atoms with van der Waals surface area (Å²) in [6.45, 7) is 4.03. The lowest BCUT2D eigenvalue weighted by Gasteiger charge is -2.27. The van der Waals surface area contributed by atoms with Crippen LogP contribution in [0, 0.1) is 6.92 Å². The van der Waals surface area contributed by atoms with E-state index in [9.17, 15) is 0 Å². The zero-order valence-corrected chi connectivity index (χ0v) is 11.4. The number of aryl methyl sites for hydroxylation is 1. The fourth-order valence-electron chi connectivity index (χ4n) is 2.46. The molecule has 0 radical (unpaired) electrons. The number of halogens is 1. The average molecular weight is 259 g/mol. The molecule has 0 unspecified atom stereocenters. The first-order chi connectivity index (χ1) is 7.79. The Morgan fingerprint density at radius 1 is 1.50 bits per heavy atom. The van der Waals surface area contributed by atoms with Gasteiger partial charge in [-0.25, -0.2) is 4.98 Å². The van der Waals surface area contributed by atoms with Gasteiger partial charge in [0.05, 0.1) is 10.7 Å². The highest BCUT2D eigenvalue weighted by Crippen LogP contribution is 2.25. The first-order valence-electron chi connectivity index (χ1n) is 6.00. The van der Waals surface area contributed by atoms with E-state index in [1.807, 2.05) is 0 Å². The summed E-state index contributed by atoms with van der Waals surface area (Å²) >= 11 is 7.62. The van der Waals surface area contributed by atoms with Crippen molar-refractivity contribution in [1.82, 2.24) is 9.88 Å². The Kier molecular flexibility index (Phi) is 4.62. The molecule has 0 aromatic carbocycles. The van der Waals surface area contributed by atoms with Crippen LogP contribution in [0.15, 0.2) is 5.38 Å². The summed E-state index contributed by atoms with van der Waals surface area (Å²) in [5, 5.41) is 3.33. The van der Waals surface area contributed by atoms with Gasteiger partial charge < -0.3 is 0 Å². The van der Waals surface area contributed by atoms with E-state index in [-0.39, 0.29) is 0 Å². The molecule has 1 aromatic heterocycles. The zero-order valence-electron chi connectivity index (χ0n) is 9.79. The maximum atomic E-state index is 5.89. The van der Waals surface area contributed by atoms with Crippen molar-refractivity contribution in [2.45, 2.75) is 45.2 Å². The largest absolute Gasteiger partial charge is 0.293 e. The number of alkyl halides is 1. The molecule has 1 heterocycles. The quantitative estimate of drug-likeness (QED) is 0.753. The van der Waals surface area contributed by atoms with E-state index in [2.05, 4.69) is 22.2 Å². The number of nitrogens with zero attached hydrogens (tertiary/aromatic N) is 2. The number of aromatic nitrogens is 1. The first-order valence-corrected chi connectivity index (χ1v) is 7.42. The highest BCUT2D eigenvalue weighted by Gasteiger charge is 2.22. The lowest BCUT2D eigenvalue weighted by Crippen LogP contribution is -2.34. The van der Waals surface area contributed by atoms with Gasteiger partial charge in [0.25, 0.3) is 0 Å². The molecule has 4 heteroatoms. The third-order valence-corrected chi connectivity index (χ3v) is 4.24. The number of rotatable bonds is 5. The predicted molar refractivity (Wildman–Crippen MR) is 70.2 cm³/mol. The van der Waals surface area contributed by atoms with Gasteiger partial charge in [-0.05, 0) is 19.8 Å². The lowest BCUT2D eigenvalue weighted by atomic mass is 10.2. The van der Waals surface area contributed by atoms with Crippen molar-refractivity contribution >= 4 is 22.9 Å². The number of hydrogen-bond donors (Lipinski definition) is 0. The van der Waals surface area contributed by atoms with Gasteiger partial charge in [-0.2, -0.15) is 0 Å². The van der Waals surface area contributed by atoms with Gasteiger partial charge in [0, 0.05) is 30.4 Å². The molecule has 1 fully saturated rings. The fraction of sp³-hybridized carbons (Fsp3) is 0.750. The second kappa shape index (κ2) is 5.99. The Bertz CT molecular complexity index is 321. The summed E-state index contributed by atoms with van der Waals surface area (Å²) in [7, 11) is 0. The normalized spacial score (nSPS) is 17.4. The molecule has 0 spiro atoms. The van der Waals surface area contributed by atoms with Crippen LogP contribution >= 0.6 is 22.9 Å². The van der Waals surface area contributed by atoms with Crippen molar-refractivity contribution in [3.8, 4) is 0 Å². The molecule has 0 saturated heterocycles. The van der Waals surface area contributed by atoms with Gasteiger partial charge in [0.1, 0.15) is 0 Å². The van der Waals surface area contributed by atoms with Crippen LogP contribution in [0.5, 0.6) is 0 Å². The molecular formula is C12H19ClN2S. The van der Waals surface area contributed by atoms with Crippen molar-refractivity contribution < 1.29 is 0 Å². The summed E-state index contributed by atoms with van der Waals surface area (Å²) in [5.74, 6) is 0.722. The van der Waals surface area contributed by atoms with Crippen molar-refractivity contribution in [2.24, 2.45) is 0 Å². The van der Waals surface area contributed by atoms with Crippen LogP contribution < -0.4 is 0 Å². The van der Waals surface area contributed by atoms with E-state index in [1.165, 1.54) is 31.4 Å². The Labute approximate surface area is 107 Å². The molecule has 0 amide bonds. The van der Waals surface area contributed by atoms with Crippen molar-refractivity contribution in [3.63, 3.8) is 0 Å². The average Bonchev–Trinajstić information content (AvgIpc) is 2.88. The Hall–Kier alpha value is -0.120. The summed E-state index contributed by atoms with van der Waals surface area (Å²) in [4.78, 5) is 7.05. The van der Waals surface area contributed by atoms with Gasteiger partial charge in [0.15, 0.2) is 0 Å². The molecule has 0 aliphatic heterocycles. The molecule has 1 aliphatic carbocycles. The predicted octanol–water partition coefficient (Wildman–Crippen LogP) is 3.43. The molecule has 0 atom stereocenters. The number of thiazole rings is 1. The summed E-state index contributed by atoms with van der Waals surface area (Å²) in [5.41, 5.74) is 1.21. The van der Waals surface area contributed by atoms with Crippen molar-refractivity contribution in [1.29, 1.82) is 0 Å². The molecular weight excluding hydrogens is 240 g/mol. The van der Waals surface area contributed by atoms with Crippen LogP contribution in [0.25, 0.3) is 0 Å². The minimum Gasteiger partial charge on any atom is -0.293 e. The molecule has 2 nitrogen and oxygen atoms in total. The van der Waals surface area contributed by atoms with Gasteiger partial charge in [-0.3, -0.25) is 4.90 Å². The van der Waals surface area contributed by atoms with E-state index in [4.69, 9.17) is 11.6 Å². The molecule has 1 aromatic rings. The Balaban J connectivity index is 1.96. The van der Waals surface area contributed by atoms with Crippen LogP contribution in [0.2, 0.25) is 0 Å². The summed E-state index contributed by atoms with van der Waals surface area (Å²) < 4.78 is 0. The fourth-order valence-corrected chi connectivity index (χ4v) is 3.28. The molecule has 16 heavy (non-hydrogen) atoms. The van der Waals surface area contributed by atoms with E-state index < -0.39 is 0 Å². The van der Waals surface area contributed by atoms with Crippen molar-refractivity contribution in [2.75, 3.05) is 12.4 Å². The molecule has 2 rings (SSSR count). The van der Waals surface area contributed by atoms with Crippen molar-refractivity contribution in [3.05, 3.63) is 16.1 Å². The van der Waals surface area contributed by atoms with Crippen LogP contribution in [0.3, 0.4) is 0 Å². The highest BCUT2D eigenvalue weighted by atomic mass is 35.5. The highest BCUT2D eigenvalue weighted by molar-refractivity contribution is 7.09. The summed E-state index contributed by atoms with van der Waals surface area (Å²) in [6.07, 6.45) is 5.42. The third-order valence-electron chi connectivity index (χ3n) is 3.24. The maximum absolute atomic E-state index is 5.89. The lowest BCUT2D eigenvalue weighted by molar-refractivity contribution is 0.199. The molecule has 90 valence electrons. The van der Waals surface area contributed by atoms with Gasteiger partial charge in [0.2, 0.25) is 0 Å². The van der Waals surface area contributed by atoms with E-state index in [1.54, 1.807) is 11.3 Å². The van der Waals surface area contributed by atoms with Crippen LogP contribution in [0.4, 0.5) is 0 Å². The van der Waals surface area contributed by atoms with E-state index >= 15 is 0 Å². The van der Waals surface area contributed by atoms with Crippen LogP contribution in [0.1, 0.15) is 36.4 Å². The second-order valence-electron chi connectivity index (χ2n) is 4.46.